The molecule has 0 saturated carbocycles. The Labute approximate surface area is 177 Å². The van der Waals surface area contributed by atoms with E-state index in [-0.39, 0.29) is 5.91 Å². The molecular formula is C21H19ClN2O2S2. The molecule has 28 heavy (non-hydrogen) atoms. The van der Waals surface area contributed by atoms with Gasteiger partial charge in [-0.2, -0.15) is 0 Å². The van der Waals surface area contributed by atoms with Gasteiger partial charge < -0.3 is 9.64 Å². The molecule has 0 unspecified atom stereocenters. The highest BCUT2D eigenvalue weighted by Gasteiger charge is 2.22. The number of anilines is 1. The Hall–Kier alpha value is -2.02. The molecule has 2 aromatic carbocycles. The van der Waals surface area contributed by atoms with Gasteiger partial charge in [0.1, 0.15) is 17.4 Å². The molecule has 0 N–H and O–H groups in total. The minimum absolute atomic E-state index is 0.0884. The van der Waals surface area contributed by atoms with Crippen LogP contribution in [0.5, 0.6) is 5.75 Å². The number of hydrogen-bond donors (Lipinski definition) is 0. The number of carbonyl (C=O) groups is 1. The van der Waals surface area contributed by atoms with E-state index >= 15 is 0 Å². The van der Waals surface area contributed by atoms with E-state index < -0.39 is 0 Å². The van der Waals surface area contributed by atoms with Crippen LogP contribution in [0.15, 0.2) is 58.8 Å². The van der Waals surface area contributed by atoms with Gasteiger partial charge in [0.05, 0.1) is 17.8 Å². The molecule has 144 valence electrons. The lowest BCUT2D eigenvalue weighted by Crippen LogP contribution is -2.33. The maximum absolute atomic E-state index is 12.9. The first-order chi connectivity index (χ1) is 13.7. The Balaban J connectivity index is 1.39. The van der Waals surface area contributed by atoms with Crippen LogP contribution >= 0.6 is 34.7 Å². The highest BCUT2D eigenvalue weighted by Crippen LogP contribution is 2.33. The number of nitrogens with zero attached hydrogens (tertiary/aromatic N) is 2. The molecule has 0 bridgehead atoms. The van der Waals surface area contributed by atoms with E-state index in [1.807, 2.05) is 52.4 Å². The standard InChI is InChI=1S/C21H19ClN2O2S2/c22-15-6-8-17(9-7-15)26-13-20-23-16(14-28-20)12-21(25)24-10-3-11-27-19-5-2-1-4-18(19)24/h1-2,4-9,14H,3,10-13H2. The molecule has 4 rings (SSSR count). The van der Waals surface area contributed by atoms with Gasteiger partial charge in [0.25, 0.3) is 0 Å². The van der Waals surface area contributed by atoms with Crippen molar-refractivity contribution >= 4 is 46.3 Å². The molecule has 0 fully saturated rings. The van der Waals surface area contributed by atoms with Gasteiger partial charge in [0, 0.05) is 21.8 Å². The van der Waals surface area contributed by atoms with E-state index in [4.69, 9.17) is 16.3 Å². The van der Waals surface area contributed by atoms with E-state index in [2.05, 4.69) is 11.1 Å². The molecule has 3 aromatic rings. The fourth-order valence-electron chi connectivity index (χ4n) is 3.01. The van der Waals surface area contributed by atoms with Gasteiger partial charge in [-0.25, -0.2) is 4.98 Å². The summed E-state index contributed by atoms with van der Waals surface area (Å²) in [5.41, 5.74) is 1.80. The van der Waals surface area contributed by atoms with Crippen LogP contribution in [0.25, 0.3) is 0 Å². The minimum Gasteiger partial charge on any atom is -0.486 e. The Morgan fingerprint density at radius 2 is 2.00 bits per heavy atom. The first-order valence-corrected chi connectivity index (χ1v) is 11.3. The number of hydrogen-bond acceptors (Lipinski definition) is 5. The Morgan fingerprint density at radius 3 is 2.86 bits per heavy atom. The highest BCUT2D eigenvalue weighted by atomic mass is 35.5. The van der Waals surface area contributed by atoms with Crippen LogP contribution in [-0.4, -0.2) is 23.2 Å². The summed E-state index contributed by atoms with van der Waals surface area (Å²) >= 11 is 9.21. The molecular weight excluding hydrogens is 412 g/mol. The fourth-order valence-corrected chi connectivity index (χ4v) is 4.83. The smallest absolute Gasteiger partial charge is 0.233 e. The number of amides is 1. The van der Waals surface area contributed by atoms with E-state index in [9.17, 15) is 4.79 Å². The third-order valence-corrected chi connectivity index (χ3v) is 6.62. The molecule has 0 spiro atoms. The number of aromatic nitrogens is 1. The van der Waals surface area contributed by atoms with Gasteiger partial charge in [0.15, 0.2) is 0 Å². The normalized spacial score (nSPS) is 13.7. The number of ether oxygens (including phenoxy) is 1. The maximum Gasteiger partial charge on any atom is 0.233 e. The summed E-state index contributed by atoms with van der Waals surface area (Å²) in [6, 6.07) is 15.4. The molecule has 1 aliphatic rings. The number of para-hydroxylation sites is 1. The summed E-state index contributed by atoms with van der Waals surface area (Å²) < 4.78 is 5.74. The molecule has 0 radical (unpaired) electrons. The number of halogens is 1. The predicted octanol–water partition coefficient (Wildman–Crippen LogP) is 5.45. The Morgan fingerprint density at radius 1 is 1.18 bits per heavy atom. The van der Waals surface area contributed by atoms with Crippen molar-refractivity contribution in [1.82, 2.24) is 4.98 Å². The number of rotatable bonds is 5. The minimum atomic E-state index is 0.0884. The number of benzene rings is 2. The van der Waals surface area contributed by atoms with Gasteiger partial charge in [-0.15, -0.1) is 23.1 Å². The number of fused-ring (bicyclic) bond motifs is 1. The molecule has 1 aliphatic heterocycles. The molecule has 1 aromatic heterocycles. The molecule has 4 nitrogen and oxygen atoms in total. The van der Waals surface area contributed by atoms with Crippen molar-refractivity contribution in [2.75, 3.05) is 17.2 Å². The van der Waals surface area contributed by atoms with E-state index in [1.165, 1.54) is 16.2 Å². The van der Waals surface area contributed by atoms with Crippen LogP contribution in [0, 0.1) is 0 Å². The van der Waals surface area contributed by atoms with Crippen molar-refractivity contribution in [3.8, 4) is 5.75 Å². The third kappa shape index (κ3) is 4.69. The second-order valence-corrected chi connectivity index (χ2v) is 8.88. The maximum atomic E-state index is 12.9. The van der Waals surface area contributed by atoms with Gasteiger partial charge in [-0.05, 0) is 48.6 Å². The summed E-state index contributed by atoms with van der Waals surface area (Å²) in [5.74, 6) is 1.87. The van der Waals surface area contributed by atoms with E-state index in [0.717, 1.165) is 40.9 Å². The molecule has 1 amide bonds. The van der Waals surface area contributed by atoms with Crippen LogP contribution in [0.4, 0.5) is 5.69 Å². The van der Waals surface area contributed by atoms with Crippen molar-refractivity contribution in [2.45, 2.75) is 24.3 Å². The number of carbonyl (C=O) groups excluding carboxylic acids is 1. The topological polar surface area (TPSA) is 42.4 Å². The highest BCUT2D eigenvalue weighted by molar-refractivity contribution is 7.99. The second-order valence-electron chi connectivity index (χ2n) is 6.37. The SMILES string of the molecule is O=C(Cc1csc(COc2ccc(Cl)cc2)n1)N1CCCSc2ccccc21. The fraction of sp³-hybridized carbons (Fsp3) is 0.238. The summed E-state index contributed by atoms with van der Waals surface area (Å²) in [6.45, 7) is 1.13. The predicted molar refractivity (Wildman–Crippen MR) is 116 cm³/mol. The van der Waals surface area contributed by atoms with Gasteiger partial charge in [-0.3, -0.25) is 4.79 Å². The lowest BCUT2D eigenvalue weighted by molar-refractivity contribution is -0.118. The van der Waals surface area contributed by atoms with Crippen LogP contribution < -0.4 is 9.64 Å². The van der Waals surface area contributed by atoms with Crippen molar-refractivity contribution in [2.24, 2.45) is 0 Å². The first kappa shape index (κ1) is 19.3. The first-order valence-electron chi connectivity index (χ1n) is 9.03. The lowest BCUT2D eigenvalue weighted by Gasteiger charge is -2.22. The van der Waals surface area contributed by atoms with Crippen molar-refractivity contribution < 1.29 is 9.53 Å². The third-order valence-electron chi connectivity index (χ3n) is 4.35. The van der Waals surface area contributed by atoms with E-state index in [0.29, 0.717) is 18.1 Å². The summed E-state index contributed by atoms with van der Waals surface area (Å²) in [5, 5.41) is 3.47. The number of thiazole rings is 1. The summed E-state index contributed by atoms with van der Waals surface area (Å²) in [7, 11) is 0. The van der Waals surface area contributed by atoms with Crippen LogP contribution in [-0.2, 0) is 17.8 Å². The summed E-state index contributed by atoms with van der Waals surface area (Å²) in [4.78, 5) is 20.6. The van der Waals surface area contributed by atoms with Crippen molar-refractivity contribution in [3.05, 3.63) is 69.6 Å². The Kier molecular flexibility index (Phi) is 6.20. The average molecular weight is 431 g/mol. The average Bonchev–Trinajstić information content (AvgIpc) is 3.03. The van der Waals surface area contributed by atoms with Gasteiger partial charge >= 0.3 is 0 Å². The van der Waals surface area contributed by atoms with Crippen LogP contribution in [0.3, 0.4) is 0 Å². The molecule has 7 heteroatoms. The molecule has 0 aliphatic carbocycles. The van der Waals surface area contributed by atoms with E-state index in [1.54, 1.807) is 12.1 Å². The van der Waals surface area contributed by atoms with Crippen LogP contribution in [0.1, 0.15) is 17.1 Å². The number of thioether (sulfide) groups is 1. The lowest BCUT2D eigenvalue weighted by atomic mass is 10.2. The second kappa shape index (κ2) is 8.99. The molecule has 2 heterocycles. The molecule has 0 atom stereocenters. The van der Waals surface area contributed by atoms with Crippen molar-refractivity contribution in [1.29, 1.82) is 0 Å². The zero-order valence-corrected chi connectivity index (χ0v) is 17.5. The monoisotopic (exact) mass is 430 g/mol. The van der Waals surface area contributed by atoms with Crippen molar-refractivity contribution in [3.63, 3.8) is 0 Å². The summed E-state index contributed by atoms with van der Waals surface area (Å²) in [6.07, 6.45) is 1.29. The zero-order chi connectivity index (χ0) is 19.3. The largest absolute Gasteiger partial charge is 0.486 e. The van der Waals surface area contributed by atoms with Gasteiger partial charge in [-0.1, -0.05) is 23.7 Å². The zero-order valence-electron chi connectivity index (χ0n) is 15.1. The van der Waals surface area contributed by atoms with Gasteiger partial charge in [0.2, 0.25) is 5.91 Å². The van der Waals surface area contributed by atoms with Crippen LogP contribution in [0.2, 0.25) is 5.02 Å². The quantitative estimate of drug-likeness (QED) is 0.540. The molecule has 0 saturated heterocycles. The Bertz CT molecular complexity index is 959.